The molecule has 0 amide bonds. The monoisotopic (exact) mass is 315 g/mol. The fraction of sp³-hybridized carbons (Fsp3) is 0.615. The highest BCUT2D eigenvalue weighted by Gasteiger charge is 2.37. The summed E-state index contributed by atoms with van der Waals surface area (Å²) in [5, 5.41) is 10.7. The first kappa shape index (κ1) is 15.0. The Kier molecular flexibility index (Phi) is 3.90. The van der Waals surface area contributed by atoms with E-state index in [1.165, 1.54) is 6.07 Å². The third-order valence-corrected chi connectivity index (χ3v) is 3.66. The van der Waals surface area contributed by atoms with Crippen molar-refractivity contribution >= 4 is 11.5 Å². The summed E-state index contributed by atoms with van der Waals surface area (Å²) in [7, 11) is 0. The van der Waals surface area contributed by atoms with Gasteiger partial charge < -0.3 is 9.64 Å². The van der Waals surface area contributed by atoms with E-state index in [0.29, 0.717) is 18.9 Å². The van der Waals surface area contributed by atoms with Crippen molar-refractivity contribution in [2.45, 2.75) is 32.0 Å². The number of halogens is 3. The van der Waals surface area contributed by atoms with Crippen LogP contribution in [-0.2, 0) is 10.9 Å². The number of alkyl halides is 3. The molecule has 1 aliphatic heterocycles. The number of hydrogen-bond acceptors (Lipinski definition) is 5. The second kappa shape index (κ2) is 5.71. The highest BCUT2D eigenvalue weighted by atomic mass is 19.4. The normalized spacial score (nSPS) is 19.0. The first-order valence-corrected chi connectivity index (χ1v) is 7.15. The Bertz CT molecular complexity index is 651. The fourth-order valence-electron chi connectivity index (χ4n) is 2.54. The lowest BCUT2D eigenvalue weighted by Gasteiger charge is -2.24. The Morgan fingerprint density at radius 1 is 1.36 bits per heavy atom. The molecular weight excluding hydrogens is 299 g/mol. The zero-order valence-corrected chi connectivity index (χ0v) is 12.0. The van der Waals surface area contributed by atoms with E-state index in [-0.39, 0.29) is 11.8 Å². The molecule has 0 bridgehead atoms. The average Bonchev–Trinajstić information content (AvgIpc) is 3.12. The van der Waals surface area contributed by atoms with Crippen LogP contribution in [0.15, 0.2) is 12.1 Å². The molecule has 1 atom stereocenters. The Labute approximate surface area is 124 Å². The van der Waals surface area contributed by atoms with Crippen LogP contribution in [0.1, 0.15) is 25.6 Å². The highest BCUT2D eigenvalue weighted by molar-refractivity contribution is 5.46. The van der Waals surface area contributed by atoms with Gasteiger partial charge in [0.1, 0.15) is 5.82 Å². The van der Waals surface area contributed by atoms with Crippen LogP contribution in [0.5, 0.6) is 0 Å². The topological polar surface area (TPSA) is 55.5 Å². The molecular formula is C13H16F3N5O. The summed E-state index contributed by atoms with van der Waals surface area (Å²) < 4.78 is 45.0. The summed E-state index contributed by atoms with van der Waals surface area (Å²) in [4.78, 5) is 1.90. The number of rotatable bonds is 4. The highest BCUT2D eigenvalue weighted by Crippen LogP contribution is 2.28. The maximum Gasteiger partial charge on any atom is 0.453 e. The largest absolute Gasteiger partial charge is 0.453 e. The van der Waals surface area contributed by atoms with E-state index in [0.717, 1.165) is 24.0 Å². The Morgan fingerprint density at radius 3 is 2.82 bits per heavy atom. The molecule has 6 nitrogen and oxygen atoms in total. The molecule has 3 heterocycles. The SMILES string of the molecule is CCN(CC1CCCO1)c1ccc2nnc(C(F)(F)F)n2n1. The minimum absolute atomic E-state index is 0.0734. The third kappa shape index (κ3) is 2.85. The zero-order chi connectivity index (χ0) is 15.7. The third-order valence-electron chi connectivity index (χ3n) is 3.66. The van der Waals surface area contributed by atoms with Crippen molar-refractivity contribution in [2.24, 2.45) is 0 Å². The second-order valence-electron chi connectivity index (χ2n) is 5.16. The van der Waals surface area contributed by atoms with E-state index in [9.17, 15) is 13.2 Å². The van der Waals surface area contributed by atoms with Crippen molar-refractivity contribution in [2.75, 3.05) is 24.6 Å². The van der Waals surface area contributed by atoms with Gasteiger partial charge in [-0.15, -0.1) is 15.3 Å². The van der Waals surface area contributed by atoms with Crippen LogP contribution in [0.25, 0.3) is 5.65 Å². The van der Waals surface area contributed by atoms with Gasteiger partial charge in [-0.1, -0.05) is 0 Å². The average molecular weight is 315 g/mol. The molecule has 0 aromatic carbocycles. The van der Waals surface area contributed by atoms with Crippen molar-refractivity contribution in [3.8, 4) is 0 Å². The van der Waals surface area contributed by atoms with Gasteiger partial charge in [-0.3, -0.25) is 0 Å². The number of aromatic nitrogens is 4. The molecule has 1 aliphatic rings. The zero-order valence-electron chi connectivity index (χ0n) is 12.0. The smallest absolute Gasteiger partial charge is 0.376 e. The Hall–Kier alpha value is -1.90. The number of hydrogen-bond donors (Lipinski definition) is 0. The van der Waals surface area contributed by atoms with Gasteiger partial charge in [0.05, 0.1) is 6.10 Å². The van der Waals surface area contributed by atoms with Crippen LogP contribution in [0, 0.1) is 0 Å². The van der Waals surface area contributed by atoms with E-state index in [1.807, 2.05) is 11.8 Å². The molecule has 0 radical (unpaired) electrons. The Morgan fingerprint density at radius 2 is 2.18 bits per heavy atom. The van der Waals surface area contributed by atoms with Crippen LogP contribution in [-0.4, -0.2) is 45.6 Å². The summed E-state index contributed by atoms with van der Waals surface area (Å²) >= 11 is 0. The lowest BCUT2D eigenvalue weighted by molar-refractivity contribution is -0.146. The minimum atomic E-state index is -4.59. The van der Waals surface area contributed by atoms with E-state index in [4.69, 9.17) is 4.74 Å². The molecule has 0 aliphatic carbocycles. The van der Waals surface area contributed by atoms with Crippen LogP contribution in [0.2, 0.25) is 0 Å². The molecule has 0 N–H and O–H groups in total. The van der Waals surface area contributed by atoms with E-state index in [1.54, 1.807) is 6.07 Å². The number of nitrogens with zero attached hydrogens (tertiary/aromatic N) is 5. The molecule has 1 fully saturated rings. The van der Waals surface area contributed by atoms with Crippen LogP contribution >= 0.6 is 0 Å². The molecule has 120 valence electrons. The summed E-state index contributed by atoms with van der Waals surface area (Å²) in [5.74, 6) is -0.659. The number of anilines is 1. The van der Waals surface area contributed by atoms with Crippen molar-refractivity contribution < 1.29 is 17.9 Å². The first-order valence-electron chi connectivity index (χ1n) is 7.15. The predicted octanol–water partition coefficient (Wildman–Crippen LogP) is 2.15. The summed E-state index contributed by atoms with van der Waals surface area (Å²) in [6.45, 7) is 3.90. The second-order valence-corrected chi connectivity index (χ2v) is 5.16. The van der Waals surface area contributed by atoms with Gasteiger partial charge in [-0.25, -0.2) is 0 Å². The van der Waals surface area contributed by atoms with Gasteiger partial charge >= 0.3 is 6.18 Å². The quantitative estimate of drug-likeness (QED) is 0.865. The number of likely N-dealkylation sites (N-methyl/N-ethyl adjacent to an activating group) is 1. The van der Waals surface area contributed by atoms with Crippen LogP contribution < -0.4 is 4.90 Å². The fourth-order valence-corrected chi connectivity index (χ4v) is 2.54. The van der Waals surface area contributed by atoms with Crippen LogP contribution in [0.3, 0.4) is 0 Å². The van der Waals surface area contributed by atoms with Gasteiger partial charge in [0, 0.05) is 19.7 Å². The van der Waals surface area contributed by atoms with Crippen molar-refractivity contribution in [3.05, 3.63) is 18.0 Å². The molecule has 3 rings (SSSR count). The van der Waals surface area contributed by atoms with Gasteiger partial charge in [-0.05, 0) is 31.9 Å². The number of fused-ring (bicyclic) bond motifs is 1. The lowest BCUT2D eigenvalue weighted by Crippen LogP contribution is -2.33. The molecule has 9 heteroatoms. The molecule has 0 spiro atoms. The van der Waals surface area contributed by atoms with Gasteiger partial charge in [0.2, 0.25) is 0 Å². The first-order chi connectivity index (χ1) is 10.5. The molecule has 22 heavy (non-hydrogen) atoms. The van der Waals surface area contributed by atoms with Gasteiger partial charge in [0.15, 0.2) is 5.65 Å². The van der Waals surface area contributed by atoms with E-state index >= 15 is 0 Å². The molecule has 0 saturated carbocycles. The molecule has 1 unspecified atom stereocenters. The standard InChI is InChI=1S/C13H16F3N5O/c1-2-20(8-9-4-3-7-22-9)11-6-5-10-17-18-12(13(14,15)16)21(10)19-11/h5-6,9H,2-4,7-8H2,1H3. The summed E-state index contributed by atoms with van der Waals surface area (Å²) in [6, 6.07) is 3.14. The van der Waals surface area contributed by atoms with Crippen molar-refractivity contribution in [1.29, 1.82) is 0 Å². The van der Waals surface area contributed by atoms with Gasteiger partial charge in [0.25, 0.3) is 5.82 Å². The van der Waals surface area contributed by atoms with Gasteiger partial charge in [-0.2, -0.15) is 17.7 Å². The molecule has 1 saturated heterocycles. The maximum atomic E-state index is 12.9. The van der Waals surface area contributed by atoms with E-state index < -0.39 is 12.0 Å². The van der Waals surface area contributed by atoms with E-state index in [2.05, 4.69) is 15.3 Å². The predicted molar refractivity (Wildman–Crippen MR) is 72.6 cm³/mol. The van der Waals surface area contributed by atoms with Crippen molar-refractivity contribution in [3.63, 3.8) is 0 Å². The van der Waals surface area contributed by atoms with Crippen LogP contribution in [0.4, 0.5) is 19.0 Å². The lowest BCUT2D eigenvalue weighted by atomic mass is 10.2. The maximum absolute atomic E-state index is 12.9. The molecule has 2 aromatic rings. The van der Waals surface area contributed by atoms with Crippen molar-refractivity contribution in [1.82, 2.24) is 19.8 Å². The summed E-state index contributed by atoms with van der Waals surface area (Å²) in [6.07, 6.45) is -2.52. The minimum Gasteiger partial charge on any atom is -0.376 e. The molecule has 2 aromatic heterocycles. The number of ether oxygens (including phenoxy) is 1. The summed E-state index contributed by atoms with van der Waals surface area (Å²) in [5.41, 5.74) is 0.0734. The Balaban J connectivity index is 1.91.